The van der Waals surface area contributed by atoms with Crippen LogP contribution in [0.15, 0.2) is 0 Å². The van der Waals surface area contributed by atoms with Crippen LogP contribution in [-0.2, 0) is 14.3 Å². The summed E-state index contributed by atoms with van der Waals surface area (Å²) >= 11 is 0. The number of halogens is 1. The van der Waals surface area contributed by atoms with E-state index in [2.05, 4.69) is 6.92 Å². The maximum absolute atomic E-state index is 12.0. The van der Waals surface area contributed by atoms with Crippen LogP contribution in [0.2, 0.25) is 0 Å². The van der Waals surface area contributed by atoms with Crippen LogP contribution in [-0.4, -0.2) is 27.5 Å². The van der Waals surface area contributed by atoms with Crippen LogP contribution in [0.25, 0.3) is 0 Å². The monoisotopic (exact) mass is 467 g/mol. The second kappa shape index (κ2) is 26.1. The maximum atomic E-state index is 12.0. The van der Waals surface area contributed by atoms with Gasteiger partial charge in [-0.1, -0.05) is 122 Å². The predicted molar refractivity (Wildman–Crippen MR) is 133 cm³/mol. The molecule has 0 aromatic rings. The number of hydrogen-bond donors (Lipinski definition) is 1. The van der Waals surface area contributed by atoms with Gasteiger partial charge in [0.25, 0.3) is 10.1 Å². The highest BCUT2D eigenvalue weighted by Gasteiger charge is 2.10. The third-order valence-corrected chi connectivity index (χ3v) is 7.10. The summed E-state index contributed by atoms with van der Waals surface area (Å²) in [6.45, 7) is 2.40. The van der Waals surface area contributed by atoms with Gasteiger partial charge < -0.3 is 6.15 Å². The fraction of sp³-hybridized carbons (Fsp3) is 1.00. The Morgan fingerprint density at radius 1 is 0.548 bits per heavy atom. The van der Waals surface area contributed by atoms with Gasteiger partial charge in [-0.05, 0) is 19.3 Å². The molecule has 4 nitrogen and oxygen atoms in total. The molecule has 0 aliphatic heterocycles. The zero-order valence-electron chi connectivity index (χ0n) is 20.7. The van der Waals surface area contributed by atoms with Crippen LogP contribution in [0.5, 0.6) is 0 Å². The molecular formula is C25H54FNO3S. The van der Waals surface area contributed by atoms with Crippen molar-refractivity contribution in [2.75, 3.05) is 19.0 Å². The molecule has 3 N–H and O–H groups in total. The molecule has 0 saturated carbocycles. The molecule has 0 unspecified atom stereocenters. The lowest BCUT2D eigenvalue weighted by Crippen LogP contribution is -2.11. The summed E-state index contributed by atoms with van der Waals surface area (Å²) in [5.41, 5.74) is 0. The molecule has 31 heavy (non-hydrogen) atoms. The van der Waals surface area contributed by atoms with Crippen LogP contribution >= 0.6 is 0 Å². The van der Waals surface area contributed by atoms with Gasteiger partial charge in [-0.25, -0.2) is 0 Å². The van der Waals surface area contributed by atoms with Gasteiger partial charge in [0, 0.05) is 0 Å². The van der Waals surface area contributed by atoms with E-state index in [-0.39, 0.29) is 18.6 Å². The van der Waals surface area contributed by atoms with E-state index >= 15 is 0 Å². The summed E-state index contributed by atoms with van der Waals surface area (Å²) in [5, 5.41) is 0. The Labute approximate surface area is 194 Å². The first-order valence-corrected chi connectivity index (χ1v) is 14.6. The molecule has 0 atom stereocenters. The van der Waals surface area contributed by atoms with Crippen LogP contribution < -0.4 is 6.15 Å². The number of rotatable bonds is 25. The van der Waals surface area contributed by atoms with E-state index in [0.29, 0.717) is 19.4 Å². The molecule has 0 aliphatic rings. The Morgan fingerprint density at radius 3 is 1.32 bits per heavy atom. The first-order valence-electron chi connectivity index (χ1n) is 13.1. The van der Waals surface area contributed by atoms with Crippen LogP contribution in [0, 0.1) is 0 Å². The van der Waals surface area contributed by atoms with Crippen molar-refractivity contribution in [1.29, 1.82) is 0 Å². The molecule has 0 spiro atoms. The fourth-order valence-electron chi connectivity index (χ4n) is 3.80. The second-order valence-corrected chi connectivity index (χ2v) is 10.6. The highest BCUT2D eigenvalue weighted by atomic mass is 32.2. The average Bonchev–Trinajstić information content (AvgIpc) is 2.72. The quantitative estimate of drug-likeness (QED) is 0.108. The molecule has 190 valence electrons. The minimum atomic E-state index is -3.34. The van der Waals surface area contributed by atoms with Crippen LogP contribution in [0.4, 0.5) is 4.39 Å². The van der Waals surface area contributed by atoms with E-state index in [9.17, 15) is 12.8 Å². The number of unbranched alkanes of at least 4 members (excludes halogenated alkanes) is 19. The summed E-state index contributed by atoms with van der Waals surface area (Å²) in [6.07, 6.45) is 24.3. The molecule has 0 heterocycles. The van der Waals surface area contributed by atoms with Crippen LogP contribution in [0.1, 0.15) is 142 Å². The van der Waals surface area contributed by atoms with Crippen molar-refractivity contribution in [2.24, 2.45) is 0 Å². The highest BCUT2D eigenvalue weighted by molar-refractivity contribution is 7.86. The van der Waals surface area contributed by atoms with Crippen molar-refractivity contribution in [3.05, 3.63) is 0 Å². The summed E-state index contributed by atoms with van der Waals surface area (Å²) in [4.78, 5) is 0. The molecule has 0 rings (SSSR count). The van der Waals surface area contributed by atoms with E-state index in [1.807, 2.05) is 0 Å². The molecule has 0 aliphatic carbocycles. The zero-order valence-corrected chi connectivity index (χ0v) is 21.5. The molecule has 0 bridgehead atoms. The average molecular weight is 468 g/mol. The third-order valence-electron chi connectivity index (χ3n) is 5.79. The summed E-state index contributed by atoms with van der Waals surface area (Å²) < 4.78 is 40.9. The molecule has 6 heteroatoms. The van der Waals surface area contributed by atoms with Crippen molar-refractivity contribution in [3.63, 3.8) is 0 Å². The Kier molecular flexibility index (Phi) is 27.7. The SMILES string of the molecule is CCCCCCCCCCCCCCOS(=O)(=O)CCCCCCCCCCCF.N. The van der Waals surface area contributed by atoms with Crippen LogP contribution in [0.3, 0.4) is 0 Å². The molecule has 0 radical (unpaired) electrons. The molecule has 0 fully saturated rings. The van der Waals surface area contributed by atoms with E-state index in [0.717, 1.165) is 44.9 Å². The fourth-order valence-corrected chi connectivity index (χ4v) is 4.85. The van der Waals surface area contributed by atoms with Crippen molar-refractivity contribution in [1.82, 2.24) is 6.15 Å². The van der Waals surface area contributed by atoms with Gasteiger partial charge in [-0.2, -0.15) is 8.42 Å². The molecular weight excluding hydrogens is 413 g/mol. The highest BCUT2D eigenvalue weighted by Crippen LogP contribution is 2.13. The van der Waals surface area contributed by atoms with Gasteiger partial charge in [-0.15, -0.1) is 0 Å². The third kappa shape index (κ3) is 27.8. The molecule has 0 amide bonds. The van der Waals surface area contributed by atoms with Crippen molar-refractivity contribution < 1.29 is 17.0 Å². The first kappa shape index (κ1) is 33.0. The normalized spacial score (nSPS) is 11.5. The smallest absolute Gasteiger partial charge is 0.267 e. The topological polar surface area (TPSA) is 78.4 Å². The molecule has 0 aromatic heterocycles. The lowest BCUT2D eigenvalue weighted by atomic mass is 10.1. The minimum absolute atomic E-state index is 0. The number of hydrogen-bond acceptors (Lipinski definition) is 4. The van der Waals surface area contributed by atoms with Crippen molar-refractivity contribution in [3.8, 4) is 0 Å². The van der Waals surface area contributed by atoms with Gasteiger partial charge >= 0.3 is 0 Å². The Hall–Kier alpha value is -0.200. The minimum Gasteiger partial charge on any atom is -0.344 e. The maximum Gasteiger partial charge on any atom is 0.267 e. The second-order valence-electron chi connectivity index (χ2n) is 8.84. The Bertz CT molecular complexity index is 432. The van der Waals surface area contributed by atoms with E-state index in [1.165, 1.54) is 77.0 Å². The zero-order chi connectivity index (χ0) is 22.2. The van der Waals surface area contributed by atoms with Gasteiger partial charge in [0.15, 0.2) is 0 Å². The van der Waals surface area contributed by atoms with Gasteiger partial charge in [0.1, 0.15) is 0 Å². The summed E-state index contributed by atoms with van der Waals surface area (Å²) in [6, 6.07) is 0. The van der Waals surface area contributed by atoms with Crippen molar-refractivity contribution in [2.45, 2.75) is 142 Å². The number of alkyl halides is 1. The standard InChI is InChI=1S/C25H51FO3S.H3N/c1-2-3-4-5-6-7-8-9-12-15-18-21-24-29-30(27,28)25-22-19-16-13-10-11-14-17-20-23-26;/h2-25H2,1H3;1H3. The summed E-state index contributed by atoms with van der Waals surface area (Å²) in [5.74, 6) is 0.155. The molecule has 0 saturated heterocycles. The van der Waals surface area contributed by atoms with Crippen molar-refractivity contribution >= 4 is 10.1 Å². The lowest BCUT2D eigenvalue weighted by Gasteiger charge is -2.06. The molecule has 0 aromatic carbocycles. The van der Waals surface area contributed by atoms with E-state index in [4.69, 9.17) is 4.18 Å². The Balaban J connectivity index is 0. The largest absolute Gasteiger partial charge is 0.344 e. The predicted octanol–water partition coefficient (Wildman–Crippen LogP) is 8.68. The van der Waals surface area contributed by atoms with Gasteiger partial charge in [0.2, 0.25) is 0 Å². The lowest BCUT2D eigenvalue weighted by molar-refractivity contribution is 0.305. The van der Waals surface area contributed by atoms with Gasteiger partial charge in [-0.3, -0.25) is 8.57 Å². The van der Waals surface area contributed by atoms with Gasteiger partial charge in [0.05, 0.1) is 19.0 Å². The van der Waals surface area contributed by atoms with E-state index in [1.54, 1.807) is 0 Å². The summed E-state index contributed by atoms with van der Waals surface area (Å²) in [7, 11) is -3.34. The van der Waals surface area contributed by atoms with E-state index < -0.39 is 10.1 Å². The Morgan fingerprint density at radius 2 is 0.903 bits per heavy atom. The first-order chi connectivity index (χ1) is 14.6.